The first-order chi connectivity index (χ1) is 17.3. The SMILES string of the molecule is O=C1Nc2ccccc2C(c2ccccc2)=N[C@@H]1Nc1nnc(-c2ccsc2N2C=COCC2)o1. The number of nitrogens with zero attached hydrogens (tertiary/aromatic N) is 4. The number of hydrogen-bond donors (Lipinski definition) is 2. The smallest absolute Gasteiger partial charge is 0.317 e. The van der Waals surface area contributed by atoms with E-state index >= 15 is 0 Å². The molecular formula is C25H20N6O3S. The fraction of sp³-hybridized carbons (Fsp3) is 0.120. The molecule has 0 spiro atoms. The average molecular weight is 485 g/mol. The minimum atomic E-state index is -0.963. The summed E-state index contributed by atoms with van der Waals surface area (Å²) in [6.45, 7) is 1.33. The summed E-state index contributed by atoms with van der Waals surface area (Å²) in [6, 6.07) is 19.4. The summed E-state index contributed by atoms with van der Waals surface area (Å²) in [6.07, 6.45) is 2.58. The molecule has 2 aromatic heterocycles. The quantitative estimate of drug-likeness (QED) is 0.434. The molecule has 2 aliphatic heterocycles. The molecule has 0 radical (unpaired) electrons. The number of nitrogens with one attached hydrogen (secondary N) is 2. The molecule has 4 heterocycles. The standard InChI is InChI=1S/C25H20N6O3S/c32-22-21(27-20(16-6-2-1-3-7-16)17-8-4-5-9-19(17)26-22)28-25-30-29-23(34-25)18-10-15-35-24(18)31-11-13-33-14-12-31/h1-11,13,15,21H,12,14H2,(H,26,32)(H,28,30)/t21-/m1/s1. The van der Waals surface area contributed by atoms with E-state index in [0.717, 1.165) is 28.2 Å². The molecule has 0 bridgehead atoms. The summed E-state index contributed by atoms with van der Waals surface area (Å²) in [7, 11) is 0. The van der Waals surface area contributed by atoms with Crippen LogP contribution in [0.3, 0.4) is 0 Å². The van der Waals surface area contributed by atoms with Gasteiger partial charge in [-0.2, -0.15) is 0 Å². The van der Waals surface area contributed by atoms with Crippen molar-refractivity contribution < 1.29 is 13.9 Å². The Kier molecular flexibility index (Phi) is 5.47. The number of carbonyl (C=O) groups excluding carboxylic acids is 1. The summed E-state index contributed by atoms with van der Waals surface area (Å²) < 4.78 is 11.2. The number of fused-ring (bicyclic) bond motifs is 1. The highest BCUT2D eigenvalue weighted by molar-refractivity contribution is 7.14. The van der Waals surface area contributed by atoms with Gasteiger partial charge in [0.1, 0.15) is 11.6 Å². The largest absolute Gasteiger partial charge is 0.498 e. The fourth-order valence-electron chi connectivity index (χ4n) is 3.95. The van der Waals surface area contributed by atoms with Crippen molar-refractivity contribution in [2.24, 2.45) is 4.99 Å². The van der Waals surface area contributed by atoms with Crippen molar-refractivity contribution in [1.29, 1.82) is 0 Å². The zero-order chi connectivity index (χ0) is 23.6. The van der Waals surface area contributed by atoms with Gasteiger partial charge in [0, 0.05) is 17.3 Å². The number of benzene rings is 2. The molecule has 2 aliphatic rings. The number of anilines is 3. The lowest BCUT2D eigenvalue weighted by Crippen LogP contribution is -2.32. The van der Waals surface area contributed by atoms with Crippen LogP contribution in [0.4, 0.5) is 16.7 Å². The van der Waals surface area contributed by atoms with Gasteiger partial charge in [-0.1, -0.05) is 53.6 Å². The Hall–Kier alpha value is -4.44. The zero-order valence-electron chi connectivity index (χ0n) is 18.4. The van der Waals surface area contributed by atoms with Crippen LogP contribution in [-0.2, 0) is 9.53 Å². The lowest BCUT2D eigenvalue weighted by Gasteiger charge is -2.22. The Labute approximate surface area is 204 Å². The van der Waals surface area contributed by atoms with Crippen molar-refractivity contribution in [2.75, 3.05) is 28.7 Å². The predicted octanol–water partition coefficient (Wildman–Crippen LogP) is 4.33. The minimum Gasteiger partial charge on any atom is -0.498 e. The first kappa shape index (κ1) is 21.1. The summed E-state index contributed by atoms with van der Waals surface area (Å²) in [5, 5.41) is 17.2. The molecule has 1 atom stereocenters. The highest BCUT2D eigenvalue weighted by Crippen LogP contribution is 2.36. The number of amides is 1. The number of para-hydroxylation sites is 1. The van der Waals surface area contributed by atoms with E-state index in [9.17, 15) is 4.79 Å². The monoisotopic (exact) mass is 484 g/mol. The maximum Gasteiger partial charge on any atom is 0.317 e. The van der Waals surface area contributed by atoms with Gasteiger partial charge in [-0.3, -0.25) is 4.79 Å². The van der Waals surface area contributed by atoms with Crippen molar-refractivity contribution >= 4 is 39.7 Å². The van der Waals surface area contributed by atoms with E-state index in [1.807, 2.05) is 72.2 Å². The summed E-state index contributed by atoms with van der Waals surface area (Å²) in [4.78, 5) is 19.9. The molecule has 35 heavy (non-hydrogen) atoms. The molecule has 0 aliphatic carbocycles. The van der Waals surface area contributed by atoms with Gasteiger partial charge in [0.2, 0.25) is 6.17 Å². The first-order valence-corrected chi connectivity index (χ1v) is 11.9. The number of carbonyl (C=O) groups is 1. The van der Waals surface area contributed by atoms with Crippen LogP contribution in [0.25, 0.3) is 11.5 Å². The maximum absolute atomic E-state index is 13.1. The summed E-state index contributed by atoms with van der Waals surface area (Å²) >= 11 is 1.57. The van der Waals surface area contributed by atoms with Crippen molar-refractivity contribution in [3.8, 4) is 11.5 Å². The van der Waals surface area contributed by atoms with E-state index < -0.39 is 6.17 Å². The maximum atomic E-state index is 13.1. The Morgan fingerprint density at radius 1 is 1.03 bits per heavy atom. The number of aromatic nitrogens is 2. The summed E-state index contributed by atoms with van der Waals surface area (Å²) in [5.41, 5.74) is 3.93. The van der Waals surface area contributed by atoms with Gasteiger partial charge < -0.3 is 24.7 Å². The molecule has 0 fully saturated rings. The molecule has 2 N–H and O–H groups in total. The van der Waals surface area contributed by atoms with E-state index in [0.29, 0.717) is 23.9 Å². The molecular weight excluding hydrogens is 464 g/mol. The lowest BCUT2D eigenvalue weighted by atomic mass is 10.0. The van der Waals surface area contributed by atoms with E-state index in [4.69, 9.17) is 14.1 Å². The molecule has 2 aromatic carbocycles. The Morgan fingerprint density at radius 3 is 2.74 bits per heavy atom. The fourth-order valence-corrected chi connectivity index (χ4v) is 4.86. The van der Waals surface area contributed by atoms with E-state index in [-0.39, 0.29) is 11.9 Å². The number of benzodiazepines with no additional fused rings is 1. The van der Waals surface area contributed by atoms with Crippen LogP contribution >= 0.6 is 11.3 Å². The lowest BCUT2D eigenvalue weighted by molar-refractivity contribution is -0.116. The Morgan fingerprint density at radius 2 is 1.89 bits per heavy atom. The van der Waals surface area contributed by atoms with Gasteiger partial charge in [-0.05, 0) is 17.5 Å². The third-order valence-electron chi connectivity index (χ3n) is 5.60. The number of ether oxygens (including phenoxy) is 1. The molecule has 0 unspecified atom stereocenters. The molecule has 0 saturated heterocycles. The van der Waals surface area contributed by atoms with Gasteiger partial charge in [0.15, 0.2) is 0 Å². The van der Waals surface area contributed by atoms with E-state index in [1.54, 1.807) is 17.6 Å². The number of hydrogen-bond acceptors (Lipinski definition) is 9. The molecule has 1 amide bonds. The highest BCUT2D eigenvalue weighted by atomic mass is 32.1. The zero-order valence-corrected chi connectivity index (χ0v) is 19.2. The van der Waals surface area contributed by atoms with Crippen molar-refractivity contribution in [3.63, 3.8) is 0 Å². The van der Waals surface area contributed by atoms with Gasteiger partial charge in [0.05, 0.1) is 29.8 Å². The van der Waals surface area contributed by atoms with Crippen LogP contribution in [0.2, 0.25) is 0 Å². The molecule has 4 aromatic rings. The summed E-state index contributed by atoms with van der Waals surface area (Å²) in [5.74, 6) is 0.0334. The van der Waals surface area contributed by atoms with E-state index in [2.05, 4.69) is 25.7 Å². The van der Waals surface area contributed by atoms with Crippen molar-refractivity contribution in [1.82, 2.24) is 10.2 Å². The topological polar surface area (TPSA) is 105 Å². The molecule has 174 valence electrons. The molecule has 0 saturated carbocycles. The van der Waals surface area contributed by atoms with Gasteiger partial charge in [-0.25, -0.2) is 4.99 Å². The third-order valence-corrected chi connectivity index (χ3v) is 6.55. The minimum absolute atomic E-state index is 0.108. The van der Waals surface area contributed by atoms with Crippen LogP contribution in [0.5, 0.6) is 0 Å². The van der Waals surface area contributed by atoms with Crippen LogP contribution in [0.15, 0.2) is 87.9 Å². The van der Waals surface area contributed by atoms with Crippen molar-refractivity contribution in [3.05, 3.63) is 89.6 Å². The molecule has 10 heteroatoms. The first-order valence-electron chi connectivity index (χ1n) is 11.0. The van der Waals surface area contributed by atoms with Crippen molar-refractivity contribution in [2.45, 2.75) is 6.17 Å². The Balaban J connectivity index is 1.31. The van der Waals surface area contributed by atoms with E-state index in [1.165, 1.54) is 0 Å². The average Bonchev–Trinajstić information content (AvgIpc) is 3.55. The van der Waals surface area contributed by atoms with Gasteiger partial charge in [-0.15, -0.1) is 16.4 Å². The Bertz CT molecular complexity index is 1430. The normalized spacial score (nSPS) is 17.1. The second kappa shape index (κ2) is 9.07. The van der Waals surface area contributed by atoms with Crippen LogP contribution in [-0.4, -0.2) is 41.1 Å². The second-order valence-corrected chi connectivity index (χ2v) is 8.72. The van der Waals surface area contributed by atoms with Gasteiger partial charge >= 0.3 is 6.01 Å². The van der Waals surface area contributed by atoms with Crippen LogP contribution < -0.4 is 15.5 Å². The number of thiophene rings is 1. The van der Waals surface area contributed by atoms with Crippen LogP contribution in [0.1, 0.15) is 11.1 Å². The molecule has 9 nitrogen and oxygen atoms in total. The molecule has 6 rings (SSSR count). The highest BCUT2D eigenvalue weighted by Gasteiger charge is 2.27. The number of aliphatic imine (C=N–C) groups is 1. The van der Waals surface area contributed by atoms with Gasteiger partial charge in [0.25, 0.3) is 11.8 Å². The predicted molar refractivity (Wildman–Crippen MR) is 135 cm³/mol. The second-order valence-electron chi connectivity index (χ2n) is 7.83. The number of rotatable bonds is 5. The van der Waals surface area contributed by atoms with Crippen LogP contribution in [0, 0.1) is 0 Å². The third kappa shape index (κ3) is 4.15.